The standard InChI is InChI=1S/C28H34N2O2/c1-3-4-5-6-7-8-18-29-28-26(13-10-19-30-28)27(31)24-11-9-12-25(20-24)32-21-23-16-14-22(2)15-17-23/h9-17,19-20H,3-8,18,21H2,1-2H3,(H,29,30). The first-order valence-electron chi connectivity index (χ1n) is 11.7. The van der Waals surface area contributed by atoms with E-state index in [9.17, 15) is 4.79 Å². The van der Waals surface area contributed by atoms with Crippen LogP contribution < -0.4 is 10.1 Å². The predicted molar refractivity (Wildman–Crippen MR) is 131 cm³/mol. The van der Waals surface area contributed by atoms with E-state index < -0.39 is 0 Å². The molecule has 2 aromatic carbocycles. The molecule has 0 radical (unpaired) electrons. The lowest BCUT2D eigenvalue weighted by Gasteiger charge is -2.11. The average Bonchev–Trinajstić information content (AvgIpc) is 2.83. The summed E-state index contributed by atoms with van der Waals surface area (Å²) in [5, 5.41) is 3.36. The Bertz CT molecular complexity index is 983. The Labute approximate surface area is 192 Å². The first-order valence-corrected chi connectivity index (χ1v) is 11.7. The molecule has 0 spiro atoms. The van der Waals surface area contributed by atoms with Crippen LogP contribution in [0.25, 0.3) is 0 Å². The molecule has 0 bridgehead atoms. The molecule has 0 fully saturated rings. The Morgan fingerprint density at radius 3 is 2.53 bits per heavy atom. The van der Waals surface area contributed by atoms with Gasteiger partial charge in [-0.15, -0.1) is 0 Å². The molecule has 0 aliphatic carbocycles. The highest BCUT2D eigenvalue weighted by atomic mass is 16.5. The highest BCUT2D eigenvalue weighted by molar-refractivity contribution is 6.12. The average molecular weight is 431 g/mol. The van der Waals surface area contributed by atoms with E-state index in [1.807, 2.05) is 24.3 Å². The predicted octanol–water partition coefficient (Wildman–Crippen LogP) is 6.97. The highest BCUT2D eigenvalue weighted by Gasteiger charge is 2.15. The summed E-state index contributed by atoms with van der Waals surface area (Å²) in [6.45, 7) is 5.58. The van der Waals surface area contributed by atoms with Crippen molar-refractivity contribution in [2.45, 2.75) is 59.0 Å². The van der Waals surface area contributed by atoms with E-state index in [1.165, 1.54) is 37.7 Å². The van der Waals surface area contributed by atoms with Gasteiger partial charge in [0.2, 0.25) is 0 Å². The van der Waals surface area contributed by atoms with Gasteiger partial charge in [-0.25, -0.2) is 4.98 Å². The lowest BCUT2D eigenvalue weighted by atomic mass is 10.0. The van der Waals surface area contributed by atoms with Gasteiger partial charge in [-0.2, -0.15) is 0 Å². The SMILES string of the molecule is CCCCCCCCNc1ncccc1C(=O)c1cccc(OCc2ccc(C)cc2)c1. The van der Waals surface area contributed by atoms with Crippen molar-refractivity contribution in [3.8, 4) is 5.75 Å². The van der Waals surface area contributed by atoms with Crippen molar-refractivity contribution in [2.24, 2.45) is 0 Å². The number of ether oxygens (including phenoxy) is 1. The van der Waals surface area contributed by atoms with Crippen LogP contribution in [0.4, 0.5) is 5.82 Å². The largest absolute Gasteiger partial charge is 0.489 e. The molecule has 0 saturated carbocycles. The van der Waals surface area contributed by atoms with Crippen LogP contribution in [0.1, 0.15) is 72.5 Å². The van der Waals surface area contributed by atoms with Crippen LogP contribution in [0, 0.1) is 6.92 Å². The van der Waals surface area contributed by atoms with Gasteiger partial charge >= 0.3 is 0 Å². The fourth-order valence-electron chi connectivity index (χ4n) is 3.58. The number of aryl methyl sites for hydroxylation is 1. The molecule has 0 atom stereocenters. The highest BCUT2D eigenvalue weighted by Crippen LogP contribution is 2.21. The number of aromatic nitrogens is 1. The second-order valence-electron chi connectivity index (χ2n) is 8.23. The summed E-state index contributed by atoms with van der Waals surface area (Å²) in [6, 6.07) is 19.3. The van der Waals surface area contributed by atoms with Gasteiger partial charge in [0.15, 0.2) is 5.78 Å². The number of nitrogens with zero attached hydrogens (tertiary/aromatic N) is 1. The van der Waals surface area contributed by atoms with Crippen LogP contribution >= 0.6 is 0 Å². The van der Waals surface area contributed by atoms with E-state index in [0.29, 0.717) is 29.3 Å². The smallest absolute Gasteiger partial charge is 0.196 e. The number of anilines is 1. The molecule has 0 aliphatic heterocycles. The number of carbonyl (C=O) groups is 1. The molecule has 4 heteroatoms. The number of benzene rings is 2. The Morgan fingerprint density at radius 1 is 0.938 bits per heavy atom. The van der Waals surface area contributed by atoms with Gasteiger partial charge in [0.25, 0.3) is 0 Å². The Kier molecular flexibility index (Phi) is 9.30. The second-order valence-corrected chi connectivity index (χ2v) is 8.23. The van der Waals surface area contributed by atoms with Crippen molar-refractivity contribution < 1.29 is 9.53 Å². The third-order valence-corrected chi connectivity index (χ3v) is 5.50. The maximum atomic E-state index is 13.2. The van der Waals surface area contributed by atoms with Gasteiger partial charge in [-0.05, 0) is 43.2 Å². The quantitative estimate of drug-likeness (QED) is 0.235. The van der Waals surface area contributed by atoms with Gasteiger partial charge in [0, 0.05) is 18.3 Å². The summed E-state index contributed by atoms with van der Waals surface area (Å²) in [5.41, 5.74) is 3.51. The van der Waals surface area contributed by atoms with Gasteiger partial charge in [0.05, 0.1) is 5.56 Å². The molecule has 0 amide bonds. The summed E-state index contributed by atoms with van der Waals surface area (Å²) >= 11 is 0. The number of unbranched alkanes of at least 4 members (excludes halogenated alkanes) is 5. The monoisotopic (exact) mass is 430 g/mol. The summed E-state index contributed by atoms with van der Waals surface area (Å²) in [7, 11) is 0. The van der Waals surface area contributed by atoms with Crippen LogP contribution in [-0.2, 0) is 6.61 Å². The molecule has 32 heavy (non-hydrogen) atoms. The minimum Gasteiger partial charge on any atom is -0.489 e. The molecular formula is C28H34N2O2. The molecule has 168 valence electrons. The Morgan fingerprint density at radius 2 is 1.72 bits per heavy atom. The van der Waals surface area contributed by atoms with Crippen molar-refractivity contribution in [3.63, 3.8) is 0 Å². The molecular weight excluding hydrogens is 396 g/mol. The van der Waals surface area contributed by atoms with Crippen molar-refractivity contribution >= 4 is 11.6 Å². The van der Waals surface area contributed by atoms with Gasteiger partial charge in [0.1, 0.15) is 18.2 Å². The van der Waals surface area contributed by atoms with Crippen LogP contribution in [0.3, 0.4) is 0 Å². The molecule has 0 saturated heterocycles. The molecule has 1 aromatic heterocycles. The molecule has 3 rings (SSSR count). The lowest BCUT2D eigenvalue weighted by molar-refractivity contribution is 0.103. The van der Waals surface area contributed by atoms with Gasteiger partial charge < -0.3 is 10.1 Å². The number of carbonyl (C=O) groups excluding carboxylic acids is 1. The van der Waals surface area contributed by atoms with Crippen molar-refractivity contribution in [1.82, 2.24) is 4.98 Å². The van der Waals surface area contributed by atoms with Crippen molar-refractivity contribution in [1.29, 1.82) is 0 Å². The van der Waals surface area contributed by atoms with E-state index >= 15 is 0 Å². The number of nitrogens with one attached hydrogen (secondary N) is 1. The molecule has 3 aromatic rings. The topological polar surface area (TPSA) is 51.2 Å². The number of ketones is 1. The van der Waals surface area contributed by atoms with E-state index in [4.69, 9.17) is 4.74 Å². The van der Waals surface area contributed by atoms with Crippen LogP contribution in [-0.4, -0.2) is 17.3 Å². The summed E-state index contributed by atoms with van der Waals surface area (Å²) in [5.74, 6) is 1.28. The number of hydrogen-bond donors (Lipinski definition) is 1. The number of pyridine rings is 1. The zero-order valence-electron chi connectivity index (χ0n) is 19.3. The summed E-state index contributed by atoms with van der Waals surface area (Å²) in [6.07, 6.45) is 9.13. The summed E-state index contributed by atoms with van der Waals surface area (Å²) in [4.78, 5) is 17.6. The normalized spacial score (nSPS) is 10.7. The maximum Gasteiger partial charge on any atom is 0.196 e. The van der Waals surface area contributed by atoms with Crippen LogP contribution in [0.2, 0.25) is 0 Å². The minimum absolute atomic E-state index is 0.0515. The molecule has 0 unspecified atom stereocenters. The zero-order chi connectivity index (χ0) is 22.6. The second kappa shape index (κ2) is 12.7. The molecule has 0 aliphatic rings. The molecule has 4 nitrogen and oxygen atoms in total. The Hall–Kier alpha value is -3.14. The number of rotatable bonds is 13. The first-order chi connectivity index (χ1) is 15.7. The number of hydrogen-bond acceptors (Lipinski definition) is 4. The van der Waals surface area contributed by atoms with Crippen molar-refractivity contribution in [3.05, 3.63) is 89.1 Å². The summed E-state index contributed by atoms with van der Waals surface area (Å²) < 4.78 is 5.93. The fourth-order valence-corrected chi connectivity index (χ4v) is 3.58. The van der Waals surface area contributed by atoms with Gasteiger partial charge in [-0.1, -0.05) is 81.0 Å². The third-order valence-electron chi connectivity index (χ3n) is 5.50. The van der Waals surface area contributed by atoms with Crippen molar-refractivity contribution in [2.75, 3.05) is 11.9 Å². The van der Waals surface area contributed by atoms with Crippen LogP contribution in [0.15, 0.2) is 66.9 Å². The fraction of sp³-hybridized carbons (Fsp3) is 0.357. The van der Waals surface area contributed by atoms with E-state index in [0.717, 1.165) is 18.5 Å². The maximum absolute atomic E-state index is 13.2. The van der Waals surface area contributed by atoms with E-state index in [2.05, 4.69) is 48.4 Å². The van der Waals surface area contributed by atoms with E-state index in [1.54, 1.807) is 18.3 Å². The molecule has 1 N–H and O–H groups in total. The zero-order valence-corrected chi connectivity index (χ0v) is 19.3. The third kappa shape index (κ3) is 7.23. The van der Waals surface area contributed by atoms with E-state index in [-0.39, 0.29) is 5.78 Å². The van der Waals surface area contributed by atoms with Gasteiger partial charge in [-0.3, -0.25) is 4.79 Å². The minimum atomic E-state index is -0.0515. The Balaban J connectivity index is 1.59. The van der Waals surface area contributed by atoms with Crippen LogP contribution in [0.5, 0.6) is 5.75 Å². The first kappa shape index (κ1) is 23.5. The lowest BCUT2D eigenvalue weighted by Crippen LogP contribution is -2.11. The molecule has 1 heterocycles.